The minimum Gasteiger partial charge on any atom is -0.308 e. The van der Waals surface area contributed by atoms with Gasteiger partial charge in [0.25, 0.3) is 5.91 Å². The van der Waals surface area contributed by atoms with Gasteiger partial charge in [0.15, 0.2) is 5.13 Å². The lowest BCUT2D eigenvalue weighted by atomic mass is 10.1. The van der Waals surface area contributed by atoms with Crippen LogP contribution in [0.2, 0.25) is 0 Å². The number of likely N-dealkylation sites (N-methyl/N-ethyl adjacent to an activating group) is 1. The summed E-state index contributed by atoms with van der Waals surface area (Å²) in [5, 5.41) is 0.771. The van der Waals surface area contributed by atoms with Crippen LogP contribution in [0.5, 0.6) is 0 Å². The van der Waals surface area contributed by atoms with E-state index in [0.29, 0.717) is 12.1 Å². The van der Waals surface area contributed by atoms with Crippen LogP contribution < -0.4 is 4.90 Å². The molecule has 0 N–H and O–H groups in total. The fourth-order valence-electron chi connectivity index (χ4n) is 2.99. The number of benzene rings is 2. The van der Waals surface area contributed by atoms with Gasteiger partial charge in [0.2, 0.25) is 0 Å². The first-order chi connectivity index (χ1) is 13.4. The van der Waals surface area contributed by atoms with Gasteiger partial charge in [-0.05, 0) is 63.0 Å². The molecule has 1 aromatic heterocycles. The van der Waals surface area contributed by atoms with Crippen LogP contribution in [-0.2, 0) is 0 Å². The van der Waals surface area contributed by atoms with E-state index in [1.165, 1.54) is 5.56 Å². The topological polar surface area (TPSA) is 36.4 Å². The summed E-state index contributed by atoms with van der Waals surface area (Å²) >= 11 is 3.35. The van der Waals surface area contributed by atoms with Crippen molar-refractivity contribution in [2.45, 2.75) is 25.7 Å². The van der Waals surface area contributed by atoms with Crippen molar-refractivity contribution in [3.8, 4) is 0 Å². The molecule has 0 saturated heterocycles. The molecular formula is C22H27N3OS2. The van der Waals surface area contributed by atoms with Crippen molar-refractivity contribution in [3.63, 3.8) is 0 Å². The van der Waals surface area contributed by atoms with Crippen LogP contribution >= 0.6 is 23.1 Å². The second-order valence-corrected chi connectivity index (χ2v) is 9.41. The minimum atomic E-state index is 0.00904. The first kappa shape index (κ1) is 20.8. The second-order valence-electron chi connectivity index (χ2n) is 7.09. The van der Waals surface area contributed by atoms with Crippen molar-refractivity contribution in [1.29, 1.82) is 0 Å². The van der Waals surface area contributed by atoms with E-state index in [0.717, 1.165) is 38.1 Å². The SMILES string of the molecule is CCSc1cccc(C(=O)N(CCN(C)C)c2nc3c(C)ccc(C)c3s2)c1. The lowest BCUT2D eigenvalue weighted by Gasteiger charge is -2.22. The summed E-state index contributed by atoms with van der Waals surface area (Å²) < 4.78 is 1.16. The number of nitrogens with zero attached hydrogens (tertiary/aromatic N) is 3. The lowest BCUT2D eigenvalue weighted by Crippen LogP contribution is -2.36. The third-order valence-corrected chi connectivity index (χ3v) is 6.66. The molecule has 4 nitrogen and oxygen atoms in total. The van der Waals surface area contributed by atoms with Crippen LogP contribution in [-0.4, -0.2) is 48.7 Å². The third-order valence-electron chi connectivity index (χ3n) is 4.57. The number of thiazole rings is 1. The highest BCUT2D eigenvalue weighted by Crippen LogP contribution is 2.34. The molecule has 0 atom stereocenters. The number of amides is 1. The largest absolute Gasteiger partial charge is 0.308 e. The smallest absolute Gasteiger partial charge is 0.260 e. The monoisotopic (exact) mass is 413 g/mol. The lowest BCUT2D eigenvalue weighted by molar-refractivity contribution is 0.0985. The van der Waals surface area contributed by atoms with Crippen LogP contribution in [0.15, 0.2) is 41.3 Å². The zero-order valence-corrected chi connectivity index (χ0v) is 18.8. The van der Waals surface area contributed by atoms with Gasteiger partial charge in [-0.1, -0.05) is 36.5 Å². The average molecular weight is 414 g/mol. The van der Waals surface area contributed by atoms with Gasteiger partial charge in [0, 0.05) is 23.5 Å². The van der Waals surface area contributed by atoms with Gasteiger partial charge in [-0.25, -0.2) is 4.98 Å². The number of aromatic nitrogens is 1. The summed E-state index contributed by atoms with van der Waals surface area (Å²) in [4.78, 5) is 23.3. The number of carbonyl (C=O) groups excluding carboxylic acids is 1. The molecule has 3 rings (SSSR count). The van der Waals surface area contributed by atoms with E-state index in [9.17, 15) is 4.79 Å². The Hall–Kier alpha value is -1.89. The van der Waals surface area contributed by atoms with Gasteiger partial charge >= 0.3 is 0 Å². The van der Waals surface area contributed by atoms with Crippen molar-refractivity contribution in [1.82, 2.24) is 9.88 Å². The normalized spacial score (nSPS) is 11.4. The standard InChI is InChI=1S/C22H27N3OS2/c1-6-27-18-9-7-8-17(14-18)21(26)25(13-12-24(4)5)22-23-19-15(2)10-11-16(3)20(19)28-22/h7-11,14H,6,12-13H2,1-5H3. The molecule has 3 aromatic rings. The Morgan fingerprint density at radius 2 is 1.86 bits per heavy atom. The van der Waals surface area contributed by atoms with Gasteiger partial charge in [0.05, 0.1) is 10.2 Å². The Bertz CT molecular complexity index is 942. The molecule has 2 aromatic carbocycles. The molecule has 6 heteroatoms. The van der Waals surface area contributed by atoms with E-state index < -0.39 is 0 Å². The molecule has 0 radical (unpaired) electrons. The van der Waals surface area contributed by atoms with Gasteiger partial charge in [-0.15, -0.1) is 11.8 Å². The van der Waals surface area contributed by atoms with Crippen molar-refractivity contribution >= 4 is 44.4 Å². The summed E-state index contributed by atoms with van der Waals surface area (Å²) in [6, 6.07) is 12.1. The van der Waals surface area contributed by atoms with Crippen LogP contribution in [0.25, 0.3) is 10.2 Å². The van der Waals surface area contributed by atoms with E-state index in [1.54, 1.807) is 23.1 Å². The number of hydrogen-bond acceptors (Lipinski definition) is 5. The number of carbonyl (C=O) groups is 1. The molecule has 148 valence electrons. The van der Waals surface area contributed by atoms with Crippen LogP contribution in [0.1, 0.15) is 28.4 Å². The molecule has 1 amide bonds. The first-order valence-electron chi connectivity index (χ1n) is 9.47. The number of anilines is 1. The molecule has 0 fully saturated rings. The van der Waals surface area contributed by atoms with Crippen molar-refractivity contribution in [2.24, 2.45) is 0 Å². The maximum atomic E-state index is 13.4. The number of hydrogen-bond donors (Lipinski definition) is 0. The quantitative estimate of drug-likeness (QED) is 0.497. The van der Waals surface area contributed by atoms with Gasteiger partial charge < -0.3 is 4.90 Å². The molecule has 0 aliphatic carbocycles. The summed E-state index contributed by atoms with van der Waals surface area (Å²) in [6.45, 7) is 7.68. The maximum absolute atomic E-state index is 13.4. The zero-order chi connectivity index (χ0) is 20.3. The van der Waals surface area contributed by atoms with Gasteiger partial charge in [0.1, 0.15) is 0 Å². The Kier molecular flexibility index (Phi) is 6.75. The Labute approximate surface area is 175 Å². The second kappa shape index (κ2) is 9.07. The van der Waals surface area contributed by atoms with Crippen LogP contribution in [0.4, 0.5) is 5.13 Å². The van der Waals surface area contributed by atoms with Gasteiger partial charge in [-0.3, -0.25) is 9.69 Å². The molecule has 0 unspecified atom stereocenters. The number of aryl methyl sites for hydroxylation is 2. The molecule has 0 spiro atoms. The number of rotatable bonds is 7. The molecule has 0 bridgehead atoms. The van der Waals surface area contributed by atoms with E-state index in [1.807, 2.05) is 37.2 Å². The Morgan fingerprint density at radius 1 is 1.11 bits per heavy atom. The van der Waals surface area contributed by atoms with E-state index in [-0.39, 0.29) is 5.91 Å². The van der Waals surface area contributed by atoms with Crippen molar-refractivity contribution in [2.75, 3.05) is 37.8 Å². The summed E-state index contributed by atoms with van der Waals surface area (Å²) in [6.07, 6.45) is 0. The minimum absolute atomic E-state index is 0.00904. The summed E-state index contributed by atoms with van der Waals surface area (Å²) in [7, 11) is 4.04. The molecular weight excluding hydrogens is 386 g/mol. The molecule has 0 aliphatic rings. The van der Waals surface area contributed by atoms with E-state index >= 15 is 0 Å². The summed E-state index contributed by atoms with van der Waals surface area (Å²) in [5.41, 5.74) is 4.05. The third kappa shape index (κ3) is 4.57. The van der Waals surface area contributed by atoms with E-state index in [2.05, 4.69) is 43.9 Å². The Morgan fingerprint density at radius 3 is 2.54 bits per heavy atom. The number of fused-ring (bicyclic) bond motifs is 1. The van der Waals surface area contributed by atoms with Gasteiger partial charge in [-0.2, -0.15) is 0 Å². The maximum Gasteiger partial charge on any atom is 0.260 e. The predicted octanol–water partition coefficient (Wildman–Crippen LogP) is 5.23. The molecule has 0 aliphatic heterocycles. The van der Waals surface area contributed by atoms with E-state index in [4.69, 9.17) is 4.98 Å². The van der Waals surface area contributed by atoms with Crippen LogP contribution in [0.3, 0.4) is 0 Å². The highest BCUT2D eigenvalue weighted by Gasteiger charge is 2.22. The fourth-order valence-corrected chi connectivity index (χ4v) is 4.84. The number of thioether (sulfide) groups is 1. The summed E-state index contributed by atoms with van der Waals surface area (Å²) in [5.74, 6) is 0.994. The highest BCUT2D eigenvalue weighted by atomic mass is 32.2. The molecule has 0 saturated carbocycles. The zero-order valence-electron chi connectivity index (χ0n) is 17.2. The predicted molar refractivity (Wildman–Crippen MR) is 122 cm³/mol. The Balaban J connectivity index is 2.01. The average Bonchev–Trinajstić information content (AvgIpc) is 3.11. The first-order valence-corrected chi connectivity index (χ1v) is 11.3. The molecule has 1 heterocycles. The fraction of sp³-hybridized carbons (Fsp3) is 0.364. The highest BCUT2D eigenvalue weighted by molar-refractivity contribution is 7.99. The van der Waals surface area contributed by atoms with Crippen molar-refractivity contribution in [3.05, 3.63) is 53.1 Å². The molecule has 28 heavy (non-hydrogen) atoms. The van der Waals surface area contributed by atoms with Crippen molar-refractivity contribution < 1.29 is 4.79 Å². The van der Waals surface area contributed by atoms with Crippen LogP contribution in [0, 0.1) is 13.8 Å².